The molecule has 0 bridgehead atoms. The van der Waals surface area contributed by atoms with Crippen molar-refractivity contribution in [2.24, 2.45) is 0 Å². The first-order chi connectivity index (χ1) is 22.8. The molecular weight excluding hydrogens is 572 g/mol. The van der Waals surface area contributed by atoms with Gasteiger partial charge in [0.1, 0.15) is 24.1 Å². The van der Waals surface area contributed by atoms with Gasteiger partial charge in [-0.2, -0.15) is 0 Å². The van der Waals surface area contributed by atoms with Gasteiger partial charge in [0, 0.05) is 0 Å². The van der Waals surface area contributed by atoms with Crippen LogP contribution in [0.3, 0.4) is 0 Å². The zero-order valence-electron chi connectivity index (χ0n) is 25.9. The van der Waals surface area contributed by atoms with Gasteiger partial charge in [-0.1, -0.05) is 152 Å². The van der Waals surface area contributed by atoms with Crippen LogP contribution in [0, 0.1) is 0 Å². The molecule has 234 valence electrons. The summed E-state index contributed by atoms with van der Waals surface area (Å²) in [5.41, 5.74) is 5.32. The van der Waals surface area contributed by atoms with Gasteiger partial charge in [0.05, 0.1) is 33.0 Å². The lowest BCUT2D eigenvalue weighted by Gasteiger charge is -2.43. The minimum Gasteiger partial charge on any atom is -0.487 e. The minimum absolute atomic E-state index is 0.317. The fourth-order valence-electron chi connectivity index (χ4n) is 5.54. The lowest BCUT2D eigenvalue weighted by Crippen LogP contribution is -2.56. The molecule has 5 aromatic carbocycles. The van der Waals surface area contributed by atoms with Gasteiger partial charge < -0.3 is 23.7 Å². The minimum atomic E-state index is -0.532. The molecule has 4 atom stereocenters. The van der Waals surface area contributed by atoms with Crippen molar-refractivity contribution < 1.29 is 23.7 Å². The Morgan fingerprint density at radius 2 is 0.870 bits per heavy atom. The van der Waals surface area contributed by atoms with E-state index >= 15 is 0 Å². The van der Waals surface area contributed by atoms with E-state index in [1.54, 1.807) is 0 Å². The third-order valence-electron chi connectivity index (χ3n) is 7.90. The van der Waals surface area contributed by atoms with Gasteiger partial charge in [0.25, 0.3) is 0 Å². The van der Waals surface area contributed by atoms with Crippen LogP contribution in [-0.2, 0) is 50.1 Å². The van der Waals surface area contributed by atoms with Crippen molar-refractivity contribution in [3.05, 3.63) is 185 Å². The first kappa shape index (κ1) is 31.5. The highest BCUT2D eigenvalue weighted by Gasteiger charge is 2.46. The fourth-order valence-corrected chi connectivity index (χ4v) is 5.54. The topological polar surface area (TPSA) is 46.2 Å². The van der Waals surface area contributed by atoms with E-state index in [0.29, 0.717) is 38.8 Å². The maximum absolute atomic E-state index is 6.82. The summed E-state index contributed by atoms with van der Waals surface area (Å²) < 4.78 is 33.4. The van der Waals surface area contributed by atoms with E-state index in [9.17, 15) is 0 Å². The first-order valence-electron chi connectivity index (χ1n) is 15.8. The van der Waals surface area contributed by atoms with Crippen LogP contribution in [0.15, 0.2) is 157 Å². The second-order valence-corrected chi connectivity index (χ2v) is 11.4. The molecule has 6 rings (SSSR count). The molecule has 0 aromatic heterocycles. The first-order valence-corrected chi connectivity index (χ1v) is 15.8. The number of rotatable bonds is 14. The van der Waals surface area contributed by atoms with Crippen molar-refractivity contribution in [3.63, 3.8) is 0 Å². The van der Waals surface area contributed by atoms with E-state index in [1.165, 1.54) is 0 Å². The third kappa shape index (κ3) is 9.03. The van der Waals surface area contributed by atoms with Crippen LogP contribution in [0.1, 0.15) is 27.8 Å². The molecule has 0 saturated carbocycles. The van der Waals surface area contributed by atoms with Crippen LogP contribution in [0.25, 0.3) is 6.08 Å². The summed E-state index contributed by atoms with van der Waals surface area (Å²) in [5, 5.41) is 0. The largest absolute Gasteiger partial charge is 0.487 e. The molecule has 46 heavy (non-hydrogen) atoms. The standard InChI is InChI=1S/C41H40O5/c1-6-16-32(17-7-1)26-37-39(43-28-34-20-10-3-11-21-34)41(45-30-36-24-14-5-15-25-36)40(44-29-35-22-12-4-13-23-35)38(46-37)31-42-27-33-18-8-2-9-19-33/h1-26,38-41H,27-31H2/b37-26-/t38-,39+,40-,41-/m1/s1. The summed E-state index contributed by atoms with van der Waals surface area (Å²) in [7, 11) is 0. The van der Waals surface area contributed by atoms with Crippen molar-refractivity contribution in [2.45, 2.75) is 50.8 Å². The Balaban J connectivity index is 1.34. The Morgan fingerprint density at radius 3 is 1.37 bits per heavy atom. The van der Waals surface area contributed by atoms with Crippen molar-refractivity contribution >= 4 is 6.08 Å². The van der Waals surface area contributed by atoms with E-state index in [1.807, 2.05) is 97.1 Å². The lowest BCUT2D eigenvalue weighted by atomic mass is 9.95. The van der Waals surface area contributed by atoms with Crippen LogP contribution in [0.5, 0.6) is 0 Å². The smallest absolute Gasteiger partial charge is 0.150 e. The van der Waals surface area contributed by atoms with Gasteiger partial charge in [-0.25, -0.2) is 0 Å². The summed E-state index contributed by atoms with van der Waals surface area (Å²) in [4.78, 5) is 0. The normalized spacial score (nSPS) is 20.3. The second-order valence-electron chi connectivity index (χ2n) is 11.4. The van der Waals surface area contributed by atoms with Crippen molar-refractivity contribution in [1.29, 1.82) is 0 Å². The summed E-state index contributed by atoms with van der Waals surface area (Å²) in [5.74, 6) is 0.688. The number of hydrogen-bond donors (Lipinski definition) is 0. The summed E-state index contributed by atoms with van der Waals surface area (Å²) in [6, 6.07) is 50.9. The maximum atomic E-state index is 6.82. The van der Waals surface area contributed by atoms with Crippen molar-refractivity contribution in [3.8, 4) is 0 Å². The average Bonchev–Trinajstić information content (AvgIpc) is 3.12. The van der Waals surface area contributed by atoms with Crippen LogP contribution >= 0.6 is 0 Å². The highest BCUT2D eigenvalue weighted by molar-refractivity contribution is 5.52. The van der Waals surface area contributed by atoms with E-state index in [0.717, 1.165) is 27.8 Å². The SMILES string of the molecule is C(=C1/O[C@H](COCc2ccccc2)[C@@H](OCc2ccccc2)[C@H](OCc2ccccc2)[C@H]1OCc1ccccc1)/c1ccccc1. The molecule has 1 fully saturated rings. The molecule has 0 amide bonds. The number of benzene rings is 5. The molecule has 1 aliphatic rings. The molecule has 5 heteroatoms. The fraction of sp³-hybridized carbons (Fsp3) is 0.220. The van der Waals surface area contributed by atoms with Gasteiger partial charge in [-0.15, -0.1) is 0 Å². The van der Waals surface area contributed by atoms with Gasteiger partial charge >= 0.3 is 0 Å². The predicted molar refractivity (Wildman–Crippen MR) is 180 cm³/mol. The van der Waals surface area contributed by atoms with E-state index in [4.69, 9.17) is 23.7 Å². The van der Waals surface area contributed by atoms with Crippen molar-refractivity contribution in [2.75, 3.05) is 6.61 Å². The van der Waals surface area contributed by atoms with Crippen LogP contribution in [0.2, 0.25) is 0 Å². The van der Waals surface area contributed by atoms with E-state index in [2.05, 4.69) is 60.7 Å². The number of hydrogen-bond acceptors (Lipinski definition) is 5. The Bertz CT molecular complexity index is 1590. The molecule has 1 saturated heterocycles. The molecule has 0 unspecified atom stereocenters. The predicted octanol–water partition coefficient (Wildman–Crippen LogP) is 8.40. The third-order valence-corrected chi connectivity index (χ3v) is 7.90. The monoisotopic (exact) mass is 612 g/mol. The van der Waals surface area contributed by atoms with E-state index in [-0.39, 0.29) is 0 Å². The molecule has 1 aliphatic heterocycles. The quantitative estimate of drug-likeness (QED) is 0.126. The van der Waals surface area contributed by atoms with Gasteiger partial charge in [0.2, 0.25) is 0 Å². The Morgan fingerprint density at radius 1 is 0.457 bits per heavy atom. The Labute approximate surface area is 272 Å². The van der Waals surface area contributed by atoms with Crippen molar-refractivity contribution in [1.82, 2.24) is 0 Å². The molecule has 0 aliphatic carbocycles. The summed E-state index contributed by atoms with van der Waals surface area (Å²) >= 11 is 0. The molecule has 1 heterocycles. The average molecular weight is 613 g/mol. The molecule has 5 nitrogen and oxygen atoms in total. The maximum Gasteiger partial charge on any atom is 0.150 e. The zero-order chi connectivity index (χ0) is 31.2. The van der Waals surface area contributed by atoms with E-state index < -0.39 is 24.4 Å². The van der Waals surface area contributed by atoms with Crippen LogP contribution < -0.4 is 0 Å². The Hall–Kier alpha value is -4.52. The Kier molecular flexibility index (Phi) is 11.4. The number of ether oxygens (including phenoxy) is 5. The summed E-state index contributed by atoms with van der Waals surface area (Å²) in [6.45, 7) is 1.98. The second kappa shape index (κ2) is 16.7. The highest BCUT2D eigenvalue weighted by Crippen LogP contribution is 2.34. The zero-order valence-corrected chi connectivity index (χ0v) is 25.9. The molecule has 0 spiro atoms. The van der Waals surface area contributed by atoms with Gasteiger partial charge in [0.15, 0.2) is 6.10 Å². The lowest BCUT2D eigenvalue weighted by molar-refractivity contribution is -0.222. The molecular formula is C41H40O5. The highest BCUT2D eigenvalue weighted by atomic mass is 16.6. The van der Waals surface area contributed by atoms with Gasteiger partial charge in [-0.3, -0.25) is 0 Å². The molecule has 5 aromatic rings. The van der Waals surface area contributed by atoms with Crippen LogP contribution in [0.4, 0.5) is 0 Å². The summed E-state index contributed by atoms with van der Waals surface area (Å²) in [6.07, 6.45) is 0.108. The molecule has 0 N–H and O–H groups in total. The van der Waals surface area contributed by atoms with Crippen LogP contribution in [-0.4, -0.2) is 31.0 Å². The molecule has 0 radical (unpaired) electrons. The van der Waals surface area contributed by atoms with Gasteiger partial charge in [-0.05, 0) is 33.9 Å².